The van der Waals surface area contributed by atoms with Crippen molar-refractivity contribution in [3.63, 3.8) is 0 Å². The maximum absolute atomic E-state index is 13.3. The molecule has 174 valence electrons. The number of ether oxygens (including phenoxy) is 1. The highest BCUT2D eigenvalue weighted by molar-refractivity contribution is 5.96. The van der Waals surface area contributed by atoms with Gasteiger partial charge in [-0.1, -0.05) is 6.92 Å². The predicted molar refractivity (Wildman–Crippen MR) is 116 cm³/mol. The summed E-state index contributed by atoms with van der Waals surface area (Å²) in [5, 5.41) is 9.00. The number of hydrogen-bond donors (Lipinski definition) is 3. The molecule has 0 aromatic carbocycles. The van der Waals surface area contributed by atoms with Crippen LogP contribution in [0.25, 0.3) is 0 Å². The first-order chi connectivity index (χ1) is 14.8. The van der Waals surface area contributed by atoms with Crippen molar-refractivity contribution in [3.8, 4) is 0 Å². The van der Waals surface area contributed by atoms with E-state index in [-0.39, 0.29) is 29.7 Å². The number of hydrogen-bond acceptors (Lipinski definition) is 5. The summed E-state index contributed by atoms with van der Waals surface area (Å²) in [5.41, 5.74) is 0. The number of nitrogens with one attached hydrogen (secondary N) is 3. The number of rotatable bonds is 3. The molecule has 8 heteroatoms. The van der Waals surface area contributed by atoms with Gasteiger partial charge in [0.2, 0.25) is 5.91 Å². The molecule has 0 bridgehead atoms. The molecule has 8 atom stereocenters. The van der Waals surface area contributed by atoms with E-state index in [1.54, 1.807) is 0 Å². The quantitative estimate of drug-likeness (QED) is 0.627. The molecule has 4 fully saturated rings. The third kappa shape index (κ3) is 4.90. The Hall–Kier alpha value is -1.67. The number of piperidine rings is 2. The van der Waals surface area contributed by atoms with Crippen LogP contribution in [0.2, 0.25) is 0 Å². The fraction of sp³-hybridized carbons (Fsp3) is 0.870. The van der Waals surface area contributed by atoms with E-state index in [2.05, 4.69) is 29.8 Å². The first-order valence-electron chi connectivity index (χ1n) is 12.1. The molecule has 0 radical (unpaired) electrons. The van der Waals surface area contributed by atoms with Crippen LogP contribution in [0.1, 0.15) is 58.8 Å². The van der Waals surface area contributed by atoms with Crippen LogP contribution < -0.4 is 16.0 Å². The smallest absolute Gasteiger partial charge is 0.321 e. The highest BCUT2D eigenvalue weighted by Crippen LogP contribution is 2.43. The number of urea groups is 1. The number of nitrogens with zero attached hydrogens (tertiary/aromatic N) is 1. The minimum atomic E-state index is -0.514. The number of carbonyl (C=O) groups excluding carboxylic acids is 3. The number of carbonyl (C=O) groups is 3. The molecular weight excluding hydrogens is 396 g/mol. The average molecular weight is 435 g/mol. The molecule has 4 rings (SSSR count). The third-order valence-electron chi connectivity index (χ3n) is 8.16. The van der Waals surface area contributed by atoms with E-state index in [1.807, 2.05) is 11.9 Å². The molecule has 8 unspecified atom stereocenters. The lowest BCUT2D eigenvalue weighted by molar-refractivity contribution is -0.148. The van der Waals surface area contributed by atoms with E-state index in [4.69, 9.17) is 4.74 Å². The van der Waals surface area contributed by atoms with Gasteiger partial charge in [0.1, 0.15) is 6.10 Å². The van der Waals surface area contributed by atoms with E-state index in [9.17, 15) is 14.4 Å². The van der Waals surface area contributed by atoms with Crippen LogP contribution in [0.15, 0.2) is 0 Å². The lowest BCUT2D eigenvalue weighted by Crippen LogP contribution is -2.60. The zero-order valence-corrected chi connectivity index (χ0v) is 19.1. The van der Waals surface area contributed by atoms with Crippen molar-refractivity contribution < 1.29 is 19.1 Å². The summed E-state index contributed by atoms with van der Waals surface area (Å²) in [6.45, 7) is 5.97. The van der Waals surface area contributed by atoms with Gasteiger partial charge in [0, 0.05) is 44.2 Å². The molecule has 3 heterocycles. The van der Waals surface area contributed by atoms with Crippen LogP contribution in [-0.2, 0) is 14.3 Å². The summed E-state index contributed by atoms with van der Waals surface area (Å²) in [5.74, 6) is 1.12. The molecule has 4 aliphatic rings. The largest absolute Gasteiger partial charge is 0.368 e. The topological polar surface area (TPSA) is 99.8 Å². The normalized spacial score (nSPS) is 40.9. The summed E-state index contributed by atoms with van der Waals surface area (Å²) in [4.78, 5) is 39.8. The third-order valence-corrected chi connectivity index (χ3v) is 8.16. The van der Waals surface area contributed by atoms with Crippen molar-refractivity contribution in [2.45, 2.75) is 83.0 Å². The Balaban J connectivity index is 1.35. The lowest BCUT2D eigenvalue weighted by Gasteiger charge is -2.50. The standard InChI is InChI=1S/C23H38N4O4/c1-13-6-7-16(25-23(30)26-21(28)20-5-4-8-31-20)11-17(13)18-10-15-12-24-14(2)9-19(15)27(3)22(18)29/h13-20,24H,4-12H2,1-3H3,(H2,25,26,28,30). The number of imide groups is 1. The summed E-state index contributed by atoms with van der Waals surface area (Å²) in [7, 11) is 1.97. The lowest BCUT2D eigenvalue weighted by atomic mass is 9.65. The van der Waals surface area contributed by atoms with Crippen LogP contribution in [0.4, 0.5) is 4.79 Å². The fourth-order valence-corrected chi connectivity index (χ4v) is 6.30. The molecule has 3 N–H and O–H groups in total. The molecule has 0 spiro atoms. The van der Waals surface area contributed by atoms with Gasteiger partial charge in [-0.3, -0.25) is 14.9 Å². The van der Waals surface area contributed by atoms with Crippen LogP contribution >= 0.6 is 0 Å². The Kier molecular flexibility index (Phi) is 6.86. The monoisotopic (exact) mass is 434 g/mol. The first-order valence-corrected chi connectivity index (χ1v) is 12.1. The Morgan fingerprint density at radius 3 is 2.68 bits per heavy atom. The van der Waals surface area contributed by atoms with Gasteiger partial charge in [-0.15, -0.1) is 0 Å². The first kappa shape index (κ1) is 22.5. The zero-order valence-electron chi connectivity index (χ0n) is 19.1. The van der Waals surface area contributed by atoms with Crippen molar-refractivity contribution in [1.29, 1.82) is 0 Å². The van der Waals surface area contributed by atoms with Gasteiger partial charge in [-0.2, -0.15) is 0 Å². The highest BCUT2D eigenvalue weighted by Gasteiger charge is 2.47. The molecule has 1 saturated carbocycles. The molecule has 3 saturated heterocycles. The van der Waals surface area contributed by atoms with E-state index < -0.39 is 12.1 Å². The van der Waals surface area contributed by atoms with E-state index in [1.165, 1.54) is 0 Å². The maximum atomic E-state index is 13.3. The molecule has 1 aliphatic carbocycles. The second-order valence-corrected chi connectivity index (χ2v) is 10.3. The molecule has 3 aliphatic heterocycles. The molecule has 8 nitrogen and oxygen atoms in total. The van der Waals surface area contributed by atoms with Gasteiger partial charge in [-0.25, -0.2) is 4.79 Å². The SMILES string of the molecule is CC1CC2C(CN1)CC(C1CC(NC(=O)NC(=O)C3CCCO3)CCC1C)C(=O)N2C. The van der Waals surface area contributed by atoms with Crippen LogP contribution in [0.5, 0.6) is 0 Å². The van der Waals surface area contributed by atoms with Gasteiger partial charge in [0.25, 0.3) is 5.91 Å². The van der Waals surface area contributed by atoms with Crippen LogP contribution in [0.3, 0.4) is 0 Å². The zero-order chi connectivity index (χ0) is 22.1. The number of amides is 4. The Bertz CT molecular complexity index is 695. The molecule has 4 amide bonds. The van der Waals surface area contributed by atoms with Gasteiger partial charge in [0.15, 0.2) is 0 Å². The van der Waals surface area contributed by atoms with E-state index >= 15 is 0 Å². The Morgan fingerprint density at radius 1 is 1.13 bits per heavy atom. The second-order valence-electron chi connectivity index (χ2n) is 10.3. The molecule has 0 aromatic rings. The van der Waals surface area contributed by atoms with Crippen molar-refractivity contribution in [3.05, 3.63) is 0 Å². The van der Waals surface area contributed by atoms with E-state index in [0.717, 1.165) is 45.1 Å². The van der Waals surface area contributed by atoms with Crippen molar-refractivity contribution >= 4 is 17.8 Å². The maximum Gasteiger partial charge on any atom is 0.321 e. The number of fused-ring (bicyclic) bond motifs is 1. The summed E-state index contributed by atoms with van der Waals surface area (Å²) in [6, 6.07) is 0.323. The fourth-order valence-electron chi connectivity index (χ4n) is 6.30. The molecular formula is C23H38N4O4. The molecule has 0 aromatic heterocycles. The number of likely N-dealkylation sites (tertiary alicyclic amines) is 1. The summed E-state index contributed by atoms with van der Waals surface area (Å²) >= 11 is 0. The Labute approximate surface area is 185 Å². The van der Waals surface area contributed by atoms with Gasteiger partial charge < -0.3 is 20.3 Å². The summed E-state index contributed by atoms with van der Waals surface area (Å²) < 4.78 is 5.35. The van der Waals surface area contributed by atoms with Crippen molar-refractivity contribution in [1.82, 2.24) is 20.9 Å². The minimum absolute atomic E-state index is 0.0117. The van der Waals surface area contributed by atoms with Gasteiger partial charge >= 0.3 is 6.03 Å². The van der Waals surface area contributed by atoms with Crippen molar-refractivity contribution in [2.24, 2.45) is 23.7 Å². The second kappa shape index (κ2) is 9.45. The average Bonchev–Trinajstić information content (AvgIpc) is 3.28. The van der Waals surface area contributed by atoms with Crippen LogP contribution in [0, 0.1) is 23.7 Å². The predicted octanol–water partition coefficient (Wildman–Crippen LogP) is 1.64. The summed E-state index contributed by atoms with van der Waals surface area (Å²) in [6.07, 6.45) is 5.58. The van der Waals surface area contributed by atoms with Gasteiger partial charge in [-0.05, 0) is 69.6 Å². The highest BCUT2D eigenvalue weighted by atomic mass is 16.5. The van der Waals surface area contributed by atoms with Crippen molar-refractivity contribution in [2.75, 3.05) is 20.2 Å². The van der Waals surface area contributed by atoms with Gasteiger partial charge in [0.05, 0.1) is 0 Å². The van der Waals surface area contributed by atoms with E-state index in [0.29, 0.717) is 36.9 Å². The van der Waals surface area contributed by atoms with Crippen LogP contribution in [-0.4, -0.2) is 67.2 Å². The molecule has 31 heavy (non-hydrogen) atoms. The Morgan fingerprint density at radius 2 is 1.94 bits per heavy atom. The minimum Gasteiger partial charge on any atom is -0.368 e.